The van der Waals surface area contributed by atoms with Crippen molar-refractivity contribution in [1.82, 2.24) is 0 Å². The first-order chi connectivity index (χ1) is 7.31. The Labute approximate surface area is 87.9 Å². The molecule has 0 bridgehead atoms. The van der Waals surface area contributed by atoms with Crippen molar-refractivity contribution in [2.75, 3.05) is 0 Å². The summed E-state index contributed by atoms with van der Waals surface area (Å²) >= 11 is 0. The van der Waals surface area contributed by atoms with E-state index in [9.17, 15) is 26.3 Å². The molecule has 0 aliphatic heterocycles. The first-order valence-electron chi connectivity index (χ1n) is 4.52. The van der Waals surface area contributed by atoms with E-state index in [4.69, 9.17) is 0 Å². The van der Waals surface area contributed by atoms with Crippen molar-refractivity contribution in [3.8, 4) is 0 Å². The molecule has 16 heavy (non-hydrogen) atoms. The van der Waals surface area contributed by atoms with Crippen LogP contribution in [0.4, 0.5) is 26.3 Å². The van der Waals surface area contributed by atoms with Gasteiger partial charge in [0, 0.05) is 12.5 Å². The van der Waals surface area contributed by atoms with Crippen LogP contribution in [0.5, 0.6) is 0 Å². The van der Waals surface area contributed by atoms with Crippen molar-refractivity contribution >= 4 is 0 Å². The number of hydrogen-bond donors (Lipinski definition) is 0. The highest BCUT2D eigenvalue weighted by Crippen LogP contribution is 2.37. The summed E-state index contributed by atoms with van der Waals surface area (Å²) in [7, 11) is 0. The minimum atomic E-state index is -3.92. The van der Waals surface area contributed by atoms with Gasteiger partial charge in [0.2, 0.25) is 0 Å². The Morgan fingerprint density at radius 2 is 1.44 bits per heavy atom. The highest BCUT2D eigenvalue weighted by atomic mass is 19.3. The Bertz CT molecular complexity index is 373. The predicted octanol–water partition coefficient (Wildman–Crippen LogP) is 4.13. The number of alkyl halides is 2. The standard InChI is InChI=1S/C10H8F6/c1-2-3-10(15,16)7-8(13)5(11)4-6(12)9(7)14/h4H,2-3H2,1H3. The van der Waals surface area contributed by atoms with Crippen LogP contribution in [0, 0.1) is 23.3 Å². The number of benzene rings is 1. The fourth-order valence-corrected chi connectivity index (χ4v) is 1.33. The molecule has 0 aliphatic carbocycles. The molecule has 0 heterocycles. The summed E-state index contributed by atoms with van der Waals surface area (Å²) < 4.78 is 77.8. The third-order valence-electron chi connectivity index (χ3n) is 2.04. The maximum Gasteiger partial charge on any atom is 0.279 e. The lowest BCUT2D eigenvalue weighted by Crippen LogP contribution is -2.19. The van der Waals surface area contributed by atoms with E-state index < -0.39 is 41.2 Å². The first-order valence-corrected chi connectivity index (χ1v) is 4.52. The second kappa shape index (κ2) is 4.35. The molecule has 0 spiro atoms. The van der Waals surface area contributed by atoms with E-state index in [1.54, 1.807) is 0 Å². The Hall–Kier alpha value is -1.20. The van der Waals surface area contributed by atoms with Gasteiger partial charge >= 0.3 is 0 Å². The molecule has 0 fully saturated rings. The average molecular weight is 242 g/mol. The normalized spacial score (nSPS) is 11.9. The number of rotatable bonds is 3. The molecule has 0 unspecified atom stereocenters. The lowest BCUT2D eigenvalue weighted by molar-refractivity contribution is -0.0222. The Morgan fingerprint density at radius 1 is 1.00 bits per heavy atom. The molecule has 0 atom stereocenters. The third-order valence-corrected chi connectivity index (χ3v) is 2.04. The van der Waals surface area contributed by atoms with Gasteiger partial charge in [-0.15, -0.1) is 0 Å². The summed E-state index contributed by atoms with van der Waals surface area (Å²) in [6.07, 6.45) is -0.965. The minimum absolute atomic E-state index is 0.0794. The quantitative estimate of drug-likeness (QED) is 0.552. The number of hydrogen-bond acceptors (Lipinski definition) is 0. The molecule has 1 aromatic carbocycles. The van der Waals surface area contributed by atoms with Crippen LogP contribution in [0.2, 0.25) is 0 Å². The molecule has 1 rings (SSSR count). The van der Waals surface area contributed by atoms with Crippen molar-refractivity contribution in [2.45, 2.75) is 25.7 Å². The molecule has 0 saturated carbocycles. The molecule has 0 radical (unpaired) electrons. The maximum absolute atomic E-state index is 13.2. The Morgan fingerprint density at radius 3 is 1.81 bits per heavy atom. The zero-order valence-corrected chi connectivity index (χ0v) is 8.26. The Balaban J connectivity index is 3.42. The summed E-state index contributed by atoms with van der Waals surface area (Å²) in [6.45, 7) is 1.36. The summed E-state index contributed by atoms with van der Waals surface area (Å²) in [5, 5.41) is 0. The van der Waals surface area contributed by atoms with Gasteiger partial charge in [-0.2, -0.15) is 0 Å². The van der Waals surface area contributed by atoms with Crippen LogP contribution < -0.4 is 0 Å². The van der Waals surface area contributed by atoms with E-state index in [-0.39, 0.29) is 12.5 Å². The monoisotopic (exact) mass is 242 g/mol. The van der Waals surface area contributed by atoms with E-state index >= 15 is 0 Å². The fraction of sp³-hybridized carbons (Fsp3) is 0.400. The summed E-state index contributed by atoms with van der Waals surface area (Å²) in [5.74, 6) is -11.7. The van der Waals surface area contributed by atoms with Gasteiger partial charge in [-0.3, -0.25) is 0 Å². The topological polar surface area (TPSA) is 0 Å². The van der Waals surface area contributed by atoms with Crippen LogP contribution in [0.25, 0.3) is 0 Å². The van der Waals surface area contributed by atoms with Gasteiger partial charge in [0.15, 0.2) is 23.3 Å². The van der Waals surface area contributed by atoms with Gasteiger partial charge in [0.05, 0.1) is 5.56 Å². The fourth-order valence-electron chi connectivity index (χ4n) is 1.33. The van der Waals surface area contributed by atoms with Crippen LogP contribution >= 0.6 is 0 Å². The highest BCUT2D eigenvalue weighted by molar-refractivity contribution is 5.26. The predicted molar refractivity (Wildman–Crippen MR) is 45.1 cm³/mol. The number of halogens is 6. The summed E-state index contributed by atoms with van der Waals surface area (Å²) in [5.41, 5.74) is -1.84. The molecule has 0 aromatic heterocycles. The van der Waals surface area contributed by atoms with Crippen molar-refractivity contribution in [2.24, 2.45) is 0 Å². The van der Waals surface area contributed by atoms with Crippen LogP contribution in [-0.2, 0) is 5.92 Å². The second-order valence-corrected chi connectivity index (χ2v) is 3.30. The molecule has 0 N–H and O–H groups in total. The van der Waals surface area contributed by atoms with Crippen LogP contribution in [0.15, 0.2) is 6.07 Å². The van der Waals surface area contributed by atoms with Crippen molar-refractivity contribution < 1.29 is 26.3 Å². The van der Waals surface area contributed by atoms with Gasteiger partial charge in [-0.1, -0.05) is 13.3 Å². The third kappa shape index (κ3) is 2.15. The van der Waals surface area contributed by atoms with Crippen LogP contribution in [0.3, 0.4) is 0 Å². The SMILES string of the molecule is CCCC(F)(F)c1c(F)c(F)cc(F)c1F. The van der Waals surface area contributed by atoms with E-state index in [1.165, 1.54) is 6.92 Å². The zero-order valence-electron chi connectivity index (χ0n) is 8.26. The Kier molecular flexibility index (Phi) is 3.50. The first kappa shape index (κ1) is 12.9. The van der Waals surface area contributed by atoms with Crippen LogP contribution in [0.1, 0.15) is 25.3 Å². The van der Waals surface area contributed by atoms with Crippen LogP contribution in [-0.4, -0.2) is 0 Å². The second-order valence-electron chi connectivity index (χ2n) is 3.30. The lowest BCUT2D eigenvalue weighted by Gasteiger charge is -2.17. The van der Waals surface area contributed by atoms with E-state index in [0.717, 1.165) is 0 Å². The molecular weight excluding hydrogens is 234 g/mol. The van der Waals surface area contributed by atoms with E-state index in [1.807, 2.05) is 0 Å². The van der Waals surface area contributed by atoms with Crippen molar-refractivity contribution in [3.05, 3.63) is 34.9 Å². The van der Waals surface area contributed by atoms with E-state index in [0.29, 0.717) is 0 Å². The van der Waals surface area contributed by atoms with Crippen molar-refractivity contribution in [1.29, 1.82) is 0 Å². The molecule has 6 heteroatoms. The lowest BCUT2D eigenvalue weighted by atomic mass is 10.0. The van der Waals surface area contributed by atoms with Gasteiger partial charge in [0.25, 0.3) is 5.92 Å². The molecule has 90 valence electrons. The largest absolute Gasteiger partial charge is 0.279 e. The molecule has 0 saturated heterocycles. The van der Waals surface area contributed by atoms with Crippen molar-refractivity contribution in [3.63, 3.8) is 0 Å². The molecular formula is C10H8F6. The zero-order chi connectivity index (χ0) is 12.5. The summed E-state index contributed by atoms with van der Waals surface area (Å²) in [4.78, 5) is 0. The van der Waals surface area contributed by atoms with Gasteiger partial charge in [0.1, 0.15) is 0 Å². The molecule has 0 aliphatic rings. The van der Waals surface area contributed by atoms with E-state index in [2.05, 4.69) is 0 Å². The minimum Gasteiger partial charge on any atom is -0.204 e. The maximum atomic E-state index is 13.2. The smallest absolute Gasteiger partial charge is 0.204 e. The average Bonchev–Trinajstić information content (AvgIpc) is 2.14. The molecule has 0 amide bonds. The van der Waals surface area contributed by atoms with Gasteiger partial charge in [-0.25, -0.2) is 26.3 Å². The van der Waals surface area contributed by atoms with Gasteiger partial charge < -0.3 is 0 Å². The van der Waals surface area contributed by atoms with Gasteiger partial charge in [-0.05, 0) is 0 Å². The summed E-state index contributed by atoms with van der Waals surface area (Å²) in [6, 6.07) is -0.101. The molecule has 0 nitrogen and oxygen atoms in total. The highest BCUT2D eigenvalue weighted by Gasteiger charge is 2.39. The molecule has 1 aromatic rings.